The maximum absolute atomic E-state index is 6.12. The summed E-state index contributed by atoms with van der Waals surface area (Å²) < 4.78 is 0.895. The van der Waals surface area contributed by atoms with E-state index >= 15 is 0 Å². The largest absolute Gasteiger partial charge is 0.376 e. The van der Waals surface area contributed by atoms with Gasteiger partial charge >= 0.3 is 0 Å². The van der Waals surface area contributed by atoms with Gasteiger partial charge in [-0.2, -0.15) is 0 Å². The molecular formula is C15H17BrClN3. The van der Waals surface area contributed by atoms with Gasteiger partial charge in [-0.3, -0.25) is 4.98 Å². The molecule has 2 heterocycles. The van der Waals surface area contributed by atoms with Gasteiger partial charge in [0.2, 0.25) is 0 Å². The van der Waals surface area contributed by atoms with Crippen LogP contribution in [0.1, 0.15) is 35.5 Å². The van der Waals surface area contributed by atoms with E-state index in [2.05, 4.69) is 51.1 Å². The molecule has 0 aliphatic heterocycles. The quantitative estimate of drug-likeness (QED) is 0.789. The Balaban J connectivity index is 2.33. The number of aromatic nitrogens is 2. The molecule has 3 nitrogen and oxygen atoms in total. The van der Waals surface area contributed by atoms with Crippen molar-refractivity contribution in [3.05, 3.63) is 50.5 Å². The Labute approximate surface area is 132 Å². The van der Waals surface area contributed by atoms with E-state index in [9.17, 15) is 0 Å². The van der Waals surface area contributed by atoms with E-state index < -0.39 is 0 Å². The highest BCUT2D eigenvalue weighted by molar-refractivity contribution is 9.10. The molecule has 0 spiro atoms. The topological polar surface area (TPSA) is 37.8 Å². The second-order valence-corrected chi connectivity index (χ2v) is 6.21. The van der Waals surface area contributed by atoms with E-state index in [1.165, 1.54) is 11.1 Å². The van der Waals surface area contributed by atoms with Gasteiger partial charge < -0.3 is 5.32 Å². The molecule has 2 aromatic rings. The van der Waals surface area contributed by atoms with Crippen molar-refractivity contribution in [2.75, 3.05) is 5.32 Å². The van der Waals surface area contributed by atoms with E-state index in [0.29, 0.717) is 5.15 Å². The van der Waals surface area contributed by atoms with Crippen molar-refractivity contribution < 1.29 is 0 Å². The Morgan fingerprint density at radius 3 is 2.60 bits per heavy atom. The number of nitrogens with zero attached hydrogens (tertiary/aromatic N) is 2. The van der Waals surface area contributed by atoms with Crippen molar-refractivity contribution in [1.82, 2.24) is 9.97 Å². The molecule has 0 aliphatic rings. The van der Waals surface area contributed by atoms with Crippen LogP contribution in [0.2, 0.25) is 5.15 Å². The van der Waals surface area contributed by atoms with Crippen LogP contribution in [0.4, 0.5) is 5.69 Å². The smallest absolute Gasteiger partial charge is 0.152 e. The maximum Gasteiger partial charge on any atom is 0.152 e. The first-order chi connectivity index (χ1) is 9.38. The number of pyridine rings is 2. The molecule has 0 saturated heterocycles. The van der Waals surface area contributed by atoms with Crippen molar-refractivity contribution in [1.29, 1.82) is 0 Å². The fourth-order valence-corrected chi connectivity index (χ4v) is 3.01. The summed E-state index contributed by atoms with van der Waals surface area (Å²) in [6, 6.07) is 4.14. The van der Waals surface area contributed by atoms with Crippen LogP contribution >= 0.6 is 27.5 Å². The minimum atomic E-state index is 0.108. The van der Waals surface area contributed by atoms with Crippen LogP contribution in [-0.2, 0) is 0 Å². The summed E-state index contributed by atoms with van der Waals surface area (Å²) in [5.74, 6) is 0. The second kappa shape index (κ2) is 6.10. The predicted molar refractivity (Wildman–Crippen MR) is 87.4 cm³/mol. The zero-order valence-electron chi connectivity index (χ0n) is 12.0. The van der Waals surface area contributed by atoms with Gasteiger partial charge in [0.05, 0.1) is 11.7 Å². The molecule has 5 heteroatoms. The maximum atomic E-state index is 6.12. The first-order valence-corrected chi connectivity index (χ1v) is 7.58. The summed E-state index contributed by atoms with van der Waals surface area (Å²) in [6.07, 6.45) is 1.68. The van der Waals surface area contributed by atoms with Crippen molar-refractivity contribution >= 4 is 33.2 Å². The lowest BCUT2D eigenvalue weighted by Crippen LogP contribution is -2.12. The number of hydrogen-bond acceptors (Lipinski definition) is 3. The molecule has 2 aromatic heterocycles. The molecule has 2 rings (SSSR count). The Kier molecular flexibility index (Phi) is 4.66. The van der Waals surface area contributed by atoms with Gasteiger partial charge in [-0.05, 0) is 66.9 Å². The molecule has 0 radical (unpaired) electrons. The third kappa shape index (κ3) is 3.30. The molecule has 0 bridgehead atoms. The fourth-order valence-electron chi connectivity index (χ4n) is 2.52. The van der Waals surface area contributed by atoms with Crippen molar-refractivity contribution in [2.45, 2.75) is 33.7 Å². The normalized spacial score (nSPS) is 12.3. The standard InChI is InChI=1S/C15H17BrClN3/c1-8-5-9(2)19-10(3)14(8)11(4)20-13-6-12(16)7-18-15(13)17/h5-7,11,20H,1-4H3. The van der Waals surface area contributed by atoms with E-state index in [4.69, 9.17) is 11.6 Å². The lowest BCUT2D eigenvalue weighted by Gasteiger charge is -2.20. The first kappa shape index (κ1) is 15.3. The third-order valence-corrected chi connectivity index (χ3v) is 3.93. The van der Waals surface area contributed by atoms with Crippen LogP contribution < -0.4 is 5.32 Å². The molecule has 20 heavy (non-hydrogen) atoms. The Morgan fingerprint density at radius 1 is 1.25 bits per heavy atom. The Morgan fingerprint density at radius 2 is 1.95 bits per heavy atom. The summed E-state index contributed by atoms with van der Waals surface area (Å²) in [4.78, 5) is 8.66. The van der Waals surface area contributed by atoms with Gasteiger partial charge in [0, 0.05) is 22.1 Å². The van der Waals surface area contributed by atoms with E-state index in [1.54, 1.807) is 6.20 Å². The summed E-state index contributed by atoms with van der Waals surface area (Å²) in [6.45, 7) is 8.25. The first-order valence-electron chi connectivity index (χ1n) is 6.41. The summed E-state index contributed by atoms with van der Waals surface area (Å²) in [7, 11) is 0. The highest BCUT2D eigenvalue weighted by atomic mass is 79.9. The summed E-state index contributed by atoms with van der Waals surface area (Å²) in [5, 5.41) is 3.87. The molecule has 106 valence electrons. The van der Waals surface area contributed by atoms with E-state index in [-0.39, 0.29) is 6.04 Å². The van der Waals surface area contributed by atoms with Crippen LogP contribution in [0.15, 0.2) is 22.8 Å². The number of anilines is 1. The lowest BCUT2D eigenvalue weighted by atomic mass is 10.0. The van der Waals surface area contributed by atoms with Crippen LogP contribution in [-0.4, -0.2) is 9.97 Å². The van der Waals surface area contributed by atoms with Crippen LogP contribution in [0, 0.1) is 20.8 Å². The van der Waals surface area contributed by atoms with Crippen LogP contribution in [0.5, 0.6) is 0 Å². The number of hydrogen-bond donors (Lipinski definition) is 1. The van der Waals surface area contributed by atoms with Gasteiger partial charge in [-0.25, -0.2) is 4.98 Å². The van der Waals surface area contributed by atoms with Crippen LogP contribution in [0.3, 0.4) is 0 Å². The zero-order valence-corrected chi connectivity index (χ0v) is 14.3. The average Bonchev–Trinajstić information content (AvgIpc) is 2.32. The summed E-state index contributed by atoms with van der Waals surface area (Å²) >= 11 is 9.53. The van der Waals surface area contributed by atoms with Gasteiger partial charge in [0.15, 0.2) is 5.15 Å². The van der Waals surface area contributed by atoms with Gasteiger partial charge in [-0.15, -0.1) is 0 Å². The molecule has 0 aromatic carbocycles. The number of aryl methyl sites for hydroxylation is 3. The average molecular weight is 355 g/mol. The second-order valence-electron chi connectivity index (χ2n) is 4.94. The molecule has 0 saturated carbocycles. The molecule has 1 atom stereocenters. The molecule has 0 amide bonds. The Bertz CT molecular complexity index is 620. The SMILES string of the molecule is Cc1cc(C)c(C(C)Nc2cc(Br)cnc2Cl)c(C)n1. The van der Waals surface area contributed by atoms with Crippen molar-refractivity contribution in [3.8, 4) is 0 Å². The molecule has 1 unspecified atom stereocenters. The van der Waals surface area contributed by atoms with Gasteiger partial charge in [0.1, 0.15) is 0 Å². The molecule has 1 N–H and O–H groups in total. The van der Waals surface area contributed by atoms with Gasteiger partial charge in [0.25, 0.3) is 0 Å². The molecule has 0 aliphatic carbocycles. The number of nitrogens with one attached hydrogen (secondary N) is 1. The third-order valence-electron chi connectivity index (χ3n) is 3.19. The minimum Gasteiger partial charge on any atom is -0.376 e. The van der Waals surface area contributed by atoms with Gasteiger partial charge in [-0.1, -0.05) is 11.6 Å². The minimum absolute atomic E-state index is 0.108. The van der Waals surface area contributed by atoms with Crippen LogP contribution in [0.25, 0.3) is 0 Å². The fraction of sp³-hybridized carbons (Fsp3) is 0.333. The van der Waals surface area contributed by atoms with Crippen molar-refractivity contribution in [3.63, 3.8) is 0 Å². The van der Waals surface area contributed by atoms with E-state index in [0.717, 1.165) is 21.5 Å². The number of halogens is 2. The highest BCUT2D eigenvalue weighted by Gasteiger charge is 2.14. The summed E-state index contributed by atoms with van der Waals surface area (Å²) in [5.41, 5.74) is 5.33. The molecule has 0 fully saturated rings. The zero-order chi connectivity index (χ0) is 14.9. The molecular weight excluding hydrogens is 338 g/mol. The predicted octanol–water partition coefficient (Wildman–Crippen LogP) is 4.99. The Hall–Kier alpha value is -1.13. The highest BCUT2D eigenvalue weighted by Crippen LogP contribution is 2.29. The lowest BCUT2D eigenvalue weighted by molar-refractivity contribution is 0.841. The number of rotatable bonds is 3. The van der Waals surface area contributed by atoms with Crippen molar-refractivity contribution in [2.24, 2.45) is 0 Å². The van der Waals surface area contributed by atoms with E-state index in [1.807, 2.05) is 19.9 Å². The monoisotopic (exact) mass is 353 g/mol.